The fourth-order valence-electron chi connectivity index (χ4n) is 2.89. The van der Waals surface area contributed by atoms with Crippen LogP contribution in [0.2, 0.25) is 0 Å². The first kappa shape index (κ1) is 14.3. The molecule has 2 heteroatoms. The summed E-state index contributed by atoms with van der Waals surface area (Å²) in [6.07, 6.45) is 5.30. The highest BCUT2D eigenvalue weighted by atomic mass is 16.3. The monoisotopic (exact) mass is 260 g/mol. The van der Waals surface area contributed by atoms with E-state index in [0.717, 1.165) is 37.7 Å². The molecule has 0 amide bonds. The van der Waals surface area contributed by atoms with Crippen molar-refractivity contribution in [3.05, 3.63) is 48.0 Å². The summed E-state index contributed by atoms with van der Waals surface area (Å²) in [5.74, 6) is 0. The summed E-state index contributed by atoms with van der Waals surface area (Å²) in [7, 11) is 0. The number of aliphatic hydroxyl groups is 2. The van der Waals surface area contributed by atoms with E-state index in [9.17, 15) is 10.2 Å². The summed E-state index contributed by atoms with van der Waals surface area (Å²) in [6, 6.07) is 10.1. The van der Waals surface area contributed by atoms with E-state index in [2.05, 4.69) is 18.7 Å². The molecule has 2 rings (SSSR count). The van der Waals surface area contributed by atoms with Gasteiger partial charge in [-0.15, -0.1) is 0 Å². The maximum Gasteiger partial charge on any atom is 0.111 e. The van der Waals surface area contributed by atoms with Crippen LogP contribution in [0, 0.1) is 0 Å². The number of hydrogen-bond acceptors (Lipinski definition) is 2. The van der Waals surface area contributed by atoms with E-state index >= 15 is 0 Å². The minimum Gasteiger partial charge on any atom is -0.390 e. The summed E-state index contributed by atoms with van der Waals surface area (Å²) in [5, 5.41) is 21.1. The standard InChI is InChI=1S/C17H24O2/c1-14-8-4-3-7-13-17(14,19)16(18)12-11-15-9-5-2-6-10-15/h2,5-6,9-10,16,18-19H,1,3-4,7-8,11-13H2/t16-,17+/m0/s1. The van der Waals surface area contributed by atoms with Crippen LogP contribution in [0.4, 0.5) is 0 Å². The lowest BCUT2D eigenvalue weighted by molar-refractivity contribution is -0.0566. The van der Waals surface area contributed by atoms with Gasteiger partial charge in [0, 0.05) is 0 Å². The Hall–Kier alpha value is -1.12. The first-order chi connectivity index (χ1) is 9.13. The Morgan fingerprint density at radius 2 is 1.89 bits per heavy atom. The summed E-state index contributed by atoms with van der Waals surface area (Å²) < 4.78 is 0. The topological polar surface area (TPSA) is 40.5 Å². The molecule has 1 aromatic rings. The van der Waals surface area contributed by atoms with E-state index in [0.29, 0.717) is 12.8 Å². The van der Waals surface area contributed by atoms with Crippen LogP contribution in [0.5, 0.6) is 0 Å². The molecule has 2 N–H and O–H groups in total. The second-order valence-electron chi connectivity index (χ2n) is 5.63. The molecule has 1 fully saturated rings. The summed E-state index contributed by atoms with van der Waals surface area (Å²) in [4.78, 5) is 0. The van der Waals surface area contributed by atoms with E-state index in [1.807, 2.05) is 18.2 Å². The van der Waals surface area contributed by atoms with Crippen molar-refractivity contribution in [3.63, 3.8) is 0 Å². The van der Waals surface area contributed by atoms with Gasteiger partial charge in [-0.2, -0.15) is 0 Å². The molecule has 1 aliphatic carbocycles. The van der Waals surface area contributed by atoms with Gasteiger partial charge in [0.15, 0.2) is 0 Å². The fraction of sp³-hybridized carbons (Fsp3) is 0.529. The average molecular weight is 260 g/mol. The van der Waals surface area contributed by atoms with Gasteiger partial charge < -0.3 is 10.2 Å². The quantitative estimate of drug-likeness (QED) is 0.644. The Morgan fingerprint density at radius 3 is 2.63 bits per heavy atom. The number of aryl methyl sites for hydroxylation is 1. The zero-order valence-electron chi connectivity index (χ0n) is 11.5. The third-order valence-electron chi connectivity index (χ3n) is 4.25. The Kier molecular flexibility index (Phi) is 4.78. The van der Waals surface area contributed by atoms with Crippen LogP contribution < -0.4 is 0 Å². The number of benzene rings is 1. The van der Waals surface area contributed by atoms with Gasteiger partial charge in [0.1, 0.15) is 5.60 Å². The minimum absolute atomic E-state index is 0.583. The van der Waals surface area contributed by atoms with E-state index in [4.69, 9.17) is 0 Å². The molecule has 2 atom stereocenters. The molecule has 0 heterocycles. The molecule has 1 saturated carbocycles. The smallest absolute Gasteiger partial charge is 0.111 e. The van der Waals surface area contributed by atoms with Crippen LogP contribution in [0.1, 0.15) is 44.1 Å². The van der Waals surface area contributed by atoms with Crippen molar-refractivity contribution in [3.8, 4) is 0 Å². The molecule has 0 unspecified atom stereocenters. The number of rotatable bonds is 4. The van der Waals surface area contributed by atoms with Crippen molar-refractivity contribution >= 4 is 0 Å². The minimum atomic E-state index is -1.08. The molecule has 0 aliphatic heterocycles. The molecule has 0 spiro atoms. The van der Waals surface area contributed by atoms with E-state index in [1.54, 1.807) is 0 Å². The van der Waals surface area contributed by atoms with Crippen LogP contribution >= 0.6 is 0 Å². The molecule has 0 saturated heterocycles. The first-order valence-corrected chi connectivity index (χ1v) is 7.25. The van der Waals surface area contributed by atoms with Crippen LogP contribution in [0.15, 0.2) is 42.5 Å². The Morgan fingerprint density at radius 1 is 1.16 bits per heavy atom. The molecular formula is C17H24O2. The molecule has 1 aromatic carbocycles. The summed E-state index contributed by atoms with van der Waals surface area (Å²) in [5.41, 5.74) is 0.931. The van der Waals surface area contributed by atoms with Gasteiger partial charge in [0.2, 0.25) is 0 Å². The lowest BCUT2D eigenvalue weighted by Crippen LogP contribution is -2.43. The van der Waals surface area contributed by atoms with Crippen molar-refractivity contribution in [2.45, 2.75) is 56.7 Å². The molecular weight excluding hydrogens is 236 g/mol. The predicted octanol–water partition coefficient (Wildman–Crippen LogP) is 3.23. The SMILES string of the molecule is C=C1CCCCC[C@]1(O)[C@@H](O)CCc1ccccc1. The van der Waals surface area contributed by atoms with Gasteiger partial charge in [-0.3, -0.25) is 0 Å². The molecule has 104 valence electrons. The highest BCUT2D eigenvalue weighted by molar-refractivity contribution is 5.19. The van der Waals surface area contributed by atoms with Crippen molar-refractivity contribution in [2.75, 3.05) is 0 Å². The van der Waals surface area contributed by atoms with Crippen LogP contribution in [0.3, 0.4) is 0 Å². The zero-order chi connectivity index (χ0) is 13.7. The largest absolute Gasteiger partial charge is 0.390 e. The molecule has 0 aromatic heterocycles. The zero-order valence-corrected chi connectivity index (χ0v) is 11.5. The highest BCUT2D eigenvalue weighted by Crippen LogP contribution is 2.35. The van der Waals surface area contributed by atoms with Crippen LogP contribution in [-0.2, 0) is 6.42 Å². The molecule has 0 bridgehead atoms. The third kappa shape index (κ3) is 3.46. The predicted molar refractivity (Wildman–Crippen MR) is 77.9 cm³/mol. The normalized spacial score (nSPS) is 25.9. The maximum absolute atomic E-state index is 10.7. The van der Waals surface area contributed by atoms with Crippen molar-refractivity contribution in [1.29, 1.82) is 0 Å². The third-order valence-corrected chi connectivity index (χ3v) is 4.25. The van der Waals surface area contributed by atoms with Gasteiger partial charge in [0.25, 0.3) is 0 Å². The number of aliphatic hydroxyl groups excluding tert-OH is 1. The van der Waals surface area contributed by atoms with Crippen LogP contribution in [0.25, 0.3) is 0 Å². The highest BCUT2D eigenvalue weighted by Gasteiger charge is 2.38. The van der Waals surface area contributed by atoms with Gasteiger partial charge in [0.05, 0.1) is 6.10 Å². The summed E-state index contributed by atoms with van der Waals surface area (Å²) >= 11 is 0. The Balaban J connectivity index is 1.97. The second kappa shape index (κ2) is 6.36. The summed E-state index contributed by atoms with van der Waals surface area (Å²) in [6.45, 7) is 3.99. The Labute approximate surface area is 115 Å². The first-order valence-electron chi connectivity index (χ1n) is 7.25. The maximum atomic E-state index is 10.7. The lowest BCUT2D eigenvalue weighted by Gasteiger charge is -2.34. The van der Waals surface area contributed by atoms with Gasteiger partial charge >= 0.3 is 0 Å². The van der Waals surface area contributed by atoms with Gasteiger partial charge in [-0.25, -0.2) is 0 Å². The van der Waals surface area contributed by atoms with Crippen LogP contribution in [-0.4, -0.2) is 21.9 Å². The molecule has 0 radical (unpaired) electrons. The second-order valence-corrected chi connectivity index (χ2v) is 5.63. The molecule has 1 aliphatic rings. The molecule has 2 nitrogen and oxygen atoms in total. The number of hydrogen-bond donors (Lipinski definition) is 2. The van der Waals surface area contributed by atoms with Crippen molar-refractivity contribution < 1.29 is 10.2 Å². The van der Waals surface area contributed by atoms with E-state index in [1.165, 1.54) is 5.56 Å². The fourth-order valence-corrected chi connectivity index (χ4v) is 2.89. The van der Waals surface area contributed by atoms with Gasteiger partial charge in [-0.1, -0.05) is 49.8 Å². The van der Waals surface area contributed by atoms with E-state index < -0.39 is 11.7 Å². The van der Waals surface area contributed by atoms with E-state index in [-0.39, 0.29) is 0 Å². The molecule has 19 heavy (non-hydrogen) atoms. The van der Waals surface area contributed by atoms with Crippen molar-refractivity contribution in [1.82, 2.24) is 0 Å². The van der Waals surface area contributed by atoms with Gasteiger partial charge in [-0.05, 0) is 43.2 Å². The Bertz CT molecular complexity index is 413. The van der Waals surface area contributed by atoms with Crippen molar-refractivity contribution in [2.24, 2.45) is 0 Å². The average Bonchev–Trinajstić information content (AvgIpc) is 2.61. The lowest BCUT2D eigenvalue weighted by atomic mass is 9.82.